The fourth-order valence-electron chi connectivity index (χ4n) is 5.29. The lowest BCUT2D eigenvalue weighted by Crippen LogP contribution is -2.15. The van der Waals surface area contributed by atoms with Gasteiger partial charge in [0.25, 0.3) is 11.8 Å². The number of carbonyl (C=O) groups excluding carboxylic acids is 2. The number of aromatic amines is 2. The van der Waals surface area contributed by atoms with E-state index in [1.807, 2.05) is 39.8 Å². The molecular formula is C31H36N4O6. The predicted molar refractivity (Wildman–Crippen MR) is 155 cm³/mol. The van der Waals surface area contributed by atoms with Crippen molar-refractivity contribution in [1.29, 1.82) is 0 Å². The van der Waals surface area contributed by atoms with Crippen LogP contribution in [0.25, 0.3) is 12.2 Å². The van der Waals surface area contributed by atoms with E-state index in [1.165, 1.54) is 0 Å². The molecule has 10 nitrogen and oxygen atoms in total. The average Bonchev–Trinajstić information content (AvgIpc) is 3.53. The minimum Gasteiger partial charge on any atom is -0.481 e. The second kappa shape index (κ2) is 11.5. The highest BCUT2D eigenvalue weighted by Gasteiger charge is 2.24. The third-order valence-corrected chi connectivity index (χ3v) is 8.23. The van der Waals surface area contributed by atoms with Gasteiger partial charge in [-0.2, -0.15) is 0 Å². The number of hydrogen-bond donors (Lipinski definition) is 6. The largest absolute Gasteiger partial charge is 0.481 e. The van der Waals surface area contributed by atoms with Crippen molar-refractivity contribution < 1.29 is 29.4 Å². The highest BCUT2D eigenvalue weighted by Crippen LogP contribution is 2.31. The number of allylic oxidation sites excluding steroid dienone is 2. The number of hydrogen-bond acceptors (Lipinski definition) is 4. The summed E-state index contributed by atoms with van der Waals surface area (Å²) in [4.78, 5) is 54.2. The zero-order valence-corrected chi connectivity index (χ0v) is 24.2. The molecule has 6 N–H and O–H groups in total. The number of aromatic nitrogens is 2. The van der Waals surface area contributed by atoms with Gasteiger partial charge in [0, 0.05) is 64.6 Å². The van der Waals surface area contributed by atoms with E-state index < -0.39 is 11.9 Å². The molecule has 2 amide bonds. The molecule has 2 aliphatic rings. The van der Waals surface area contributed by atoms with E-state index in [1.54, 1.807) is 13.8 Å². The van der Waals surface area contributed by atoms with Crippen LogP contribution in [0, 0.1) is 13.8 Å². The van der Waals surface area contributed by atoms with Crippen LogP contribution in [-0.4, -0.2) is 43.9 Å². The normalized spacial score (nSPS) is 17.3. The summed E-state index contributed by atoms with van der Waals surface area (Å²) in [7, 11) is 0. The molecule has 0 spiro atoms. The fourth-order valence-corrected chi connectivity index (χ4v) is 5.29. The first-order valence-corrected chi connectivity index (χ1v) is 13.5. The van der Waals surface area contributed by atoms with Crippen LogP contribution < -0.4 is 10.6 Å². The molecule has 0 radical (unpaired) electrons. The Morgan fingerprint density at radius 1 is 0.634 bits per heavy atom. The molecule has 0 aliphatic carbocycles. The van der Waals surface area contributed by atoms with Crippen molar-refractivity contribution >= 4 is 35.9 Å². The Hall–Kier alpha value is -4.60. The molecule has 216 valence electrons. The molecule has 0 bridgehead atoms. The number of aliphatic carboxylic acids is 2. The summed E-state index contributed by atoms with van der Waals surface area (Å²) in [6.07, 6.45) is 4.66. The third kappa shape index (κ3) is 5.96. The summed E-state index contributed by atoms with van der Waals surface area (Å²) in [5, 5.41) is 24.6. The molecule has 4 rings (SSSR count). The van der Waals surface area contributed by atoms with Gasteiger partial charge in [-0.15, -0.1) is 0 Å². The summed E-state index contributed by atoms with van der Waals surface area (Å²) in [6, 6.07) is 0. The number of carboxylic acids is 2. The lowest BCUT2D eigenvalue weighted by Gasteiger charge is -2.07. The van der Waals surface area contributed by atoms with E-state index in [2.05, 4.69) is 20.6 Å². The SMILES string of the molecule is CC1=C(C)/C(=C/c2[nH]c(Cc3[nH]c(/C=C4\NC(=O)C(C)=C4C)c(C)c3CCC(=O)O)c(CCC(=O)O)c2C)NC1=O. The third-order valence-electron chi connectivity index (χ3n) is 8.23. The second-order valence-electron chi connectivity index (χ2n) is 10.7. The number of carboxylic acid groups (broad SMARTS) is 2. The number of amides is 2. The Balaban J connectivity index is 1.79. The van der Waals surface area contributed by atoms with E-state index in [9.17, 15) is 29.4 Å². The maximum absolute atomic E-state index is 12.2. The van der Waals surface area contributed by atoms with Crippen LogP contribution in [0.4, 0.5) is 0 Å². The number of rotatable bonds is 10. The van der Waals surface area contributed by atoms with Gasteiger partial charge in [-0.1, -0.05) is 0 Å². The maximum Gasteiger partial charge on any atom is 0.303 e. The van der Waals surface area contributed by atoms with E-state index in [0.29, 0.717) is 41.8 Å². The van der Waals surface area contributed by atoms with Gasteiger partial charge in [0.2, 0.25) is 0 Å². The van der Waals surface area contributed by atoms with Crippen molar-refractivity contribution in [2.45, 2.75) is 73.6 Å². The Morgan fingerprint density at radius 3 is 1.29 bits per heavy atom. The molecule has 0 fully saturated rings. The van der Waals surface area contributed by atoms with E-state index in [4.69, 9.17) is 0 Å². The van der Waals surface area contributed by atoms with Crippen LogP contribution in [0.2, 0.25) is 0 Å². The van der Waals surface area contributed by atoms with Crippen LogP contribution in [-0.2, 0) is 38.4 Å². The smallest absolute Gasteiger partial charge is 0.303 e. The number of carbonyl (C=O) groups is 4. The monoisotopic (exact) mass is 560 g/mol. The summed E-state index contributed by atoms with van der Waals surface area (Å²) in [5.74, 6) is -2.10. The molecule has 0 aromatic carbocycles. The molecule has 10 heteroatoms. The minimum atomic E-state index is -0.905. The molecule has 2 aromatic heterocycles. The van der Waals surface area contributed by atoms with Gasteiger partial charge in [0.1, 0.15) is 0 Å². The first-order chi connectivity index (χ1) is 19.3. The van der Waals surface area contributed by atoms with Crippen LogP contribution in [0.1, 0.15) is 85.6 Å². The van der Waals surface area contributed by atoms with Gasteiger partial charge in [-0.3, -0.25) is 19.2 Å². The van der Waals surface area contributed by atoms with Crippen LogP contribution in [0.15, 0.2) is 33.7 Å². The first kappa shape index (κ1) is 29.4. The van der Waals surface area contributed by atoms with Crippen molar-refractivity contribution in [3.05, 3.63) is 78.7 Å². The van der Waals surface area contributed by atoms with Crippen LogP contribution >= 0.6 is 0 Å². The van der Waals surface area contributed by atoms with Crippen molar-refractivity contribution in [3.63, 3.8) is 0 Å². The van der Waals surface area contributed by atoms with Gasteiger partial charge in [0.05, 0.1) is 0 Å². The molecular weight excluding hydrogens is 524 g/mol. The summed E-state index contributed by atoms with van der Waals surface area (Å²) < 4.78 is 0. The molecule has 2 aliphatic heterocycles. The molecule has 0 unspecified atom stereocenters. The summed E-state index contributed by atoms with van der Waals surface area (Å²) in [5.41, 5.74) is 11.1. The van der Waals surface area contributed by atoms with Crippen molar-refractivity contribution in [1.82, 2.24) is 20.6 Å². The molecule has 4 heterocycles. The van der Waals surface area contributed by atoms with Gasteiger partial charge >= 0.3 is 11.9 Å². The molecule has 0 atom stereocenters. The van der Waals surface area contributed by atoms with Crippen molar-refractivity contribution in [2.24, 2.45) is 0 Å². The minimum absolute atomic E-state index is 0.0475. The first-order valence-electron chi connectivity index (χ1n) is 13.5. The lowest BCUT2D eigenvalue weighted by atomic mass is 9.98. The van der Waals surface area contributed by atoms with Crippen LogP contribution in [0.5, 0.6) is 0 Å². The zero-order chi connectivity index (χ0) is 30.2. The van der Waals surface area contributed by atoms with Gasteiger partial charge < -0.3 is 30.8 Å². The summed E-state index contributed by atoms with van der Waals surface area (Å²) in [6.45, 7) is 11.1. The Bertz CT molecular complexity index is 1490. The fraction of sp³-hybridized carbons (Fsp3) is 0.355. The van der Waals surface area contributed by atoms with Gasteiger partial charge in [0.15, 0.2) is 0 Å². The van der Waals surface area contributed by atoms with E-state index in [-0.39, 0.29) is 24.7 Å². The van der Waals surface area contributed by atoms with Crippen molar-refractivity contribution in [2.75, 3.05) is 0 Å². The van der Waals surface area contributed by atoms with E-state index in [0.717, 1.165) is 56.2 Å². The number of nitrogens with one attached hydrogen (secondary N) is 4. The molecule has 0 saturated heterocycles. The molecule has 41 heavy (non-hydrogen) atoms. The van der Waals surface area contributed by atoms with Gasteiger partial charge in [-0.25, -0.2) is 0 Å². The standard InChI is InChI=1S/C31H36N4O6/c1-14-16(3)30(40)34-22(14)11-24-18(5)20(7-9-28(36)37)26(32-24)13-27-21(8-10-29(38)39)19(6)25(33-27)12-23-15(2)17(4)31(41)35-23/h11-12,32-33H,7-10,13H2,1-6H3,(H,34,40)(H,35,41)(H,36,37)(H,38,39)/b22-11-,23-12-. The Morgan fingerprint density at radius 2 is 1.00 bits per heavy atom. The zero-order valence-electron chi connectivity index (χ0n) is 24.2. The van der Waals surface area contributed by atoms with Crippen LogP contribution in [0.3, 0.4) is 0 Å². The quantitative estimate of drug-likeness (QED) is 0.255. The molecule has 0 saturated carbocycles. The second-order valence-corrected chi connectivity index (χ2v) is 10.7. The average molecular weight is 561 g/mol. The van der Waals surface area contributed by atoms with Crippen molar-refractivity contribution in [3.8, 4) is 0 Å². The lowest BCUT2D eigenvalue weighted by molar-refractivity contribution is -0.138. The van der Waals surface area contributed by atoms with Gasteiger partial charge in [-0.05, 0) is 99.9 Å². The Labute approximate surface area is 238 Å². The number of H-pyrrole nitrogens is 2. The predicted octanol–water partition coefficient (Wildman–Crippen LogP) is 4.20. The highest BCUT2D eigenvalue weighted by molar-refractivity contribution is 6.01. The maximum atomic E-state index is 12.2. The highest BCUT2D eigenvalue weighted by atomic mass is 16.4. The topological polar surface area (TPSA) is 164 Å². The Kier molecular flexibility index (Phi) is 8.23. The summed E-state index contributed by atoms with van der Waals surface area (Å²) >= 11 is 0. The molecule has 2 aromatic rings. The van der Waals surface area contributed by atoms with E-state index >= 15 is 0 Å².